The molecule has 0 spiro atoms. The molecular weight excluding hydrogens is 341 g/mol. The third-order valence-electron chi connectivity index (χ3n) is 2.41. The quantitative estimate of drug-likeness (QED) is 0.840. The average Bonchev–Trinajstić information content (AvgIpc) is 2.29. The van der Waals surface area contributed by atoms with Crippen LogP contribution in [-0.4, -0.2) is 20.5 Å². The lowest BCUT2D eigenvalue weighted by Gasteiger charge is -2.12. The summed E-state index contributed by atoms with van der Waals surface area (Å²) in [5.74, 6) is -2.14. The minimum absolute atomic E-state index is 0.217. The van der Waals surface area contributed by atoms with Gasteiger partial charge in [0.1, 0.15) is 4.90 Å². The minimum atomic E-state index is -4.26. The summed E-state index contributed by atoms with van der Waals surface area (Å²) >= 11 is 3.00. The van der Waals surface area contributed by atoms with Crippen LogP contribution in [0.3, 0.4) is 0 Å². The Kier molecular flexibility index (Phi) is 5.05. The van der Waals surface area contributed by atoms with Crippen LogP contribution in [0.2, 0.25) is 0 Å². The van der Waals surface area contributed by atoms with Crippen LogP contribution in [0.15, 0.2) is 21.5 Å². The first kappa shape index (κ1) is 16.1. The normalized spacial score (nSPS) is 13.1. The van der Waals surface area contributed by atoms with Crippen molar-refractivity contribution in [2.45, 2.75) is 31.3 Å². The maximum atomic E-state index is 14.0. The zero-order chi connectivity index (χ0) is 14.8. The van der Waals surface area contributed by atoms with Crippen molar-refractivity contribution < 1.29 is 22.3 Å². The Morgan fingerprint density at radius 2 is 2.11 bits per heavy atom. The lowest BCUT2D eigenvalue weighted by Crippen LogP contribution is -2.19. The van der Waals surface area contributed by atoms with E-state index >= 15 is 0 Å². The first-order valence-electron chi connectivity index (χ1n) is 5.39. The Labute approximate surface area is 119 Å². The molecule has 19 heavy (non-hydrogen) atoms. The van der Waals surface area contributed by atoms with Crippen molar-refractivity contribution in [3.05, 3.63) is 28.0 Å². The molecule has 1 aromatic rings. The summed E-state index contributed by atoms with van der Waals surface area (Å²) in [5, 5.41) is 4.88. The Balaban J connectivity index is 3.30. The summed E-state index contributed by atoms with van der Waals surface area (Å²) in [6.07, 6.45) is 0.160. The average molecular weight is 354 g/mol. The number of carbonyl (C=O) groups excluding carboxylic acids is 1. The van der Waals surface area contributed by atoms with E-state index in [4.69, 9.17) is 9.88 Å². The Hall–Kier alpha value is -0.990. The number of ether oxygens (including phenoxy) is 1. The third kappa shape index (κ3) is 3.99. The number of benzene rings is 1. The number of hydrogen-bond acceptors (Lipinski definition) is 4. The van der Waals surface area contributed by atoms with Crippen LogP contribution in [0.1, 0.15) is 30.6 Å². The van der Waals surface area contributed by atoms with Crippen LogP contribution in [0.25, 0.3) is 0 Å². The number of nitrogens with two attached hydrogens (primary N) is 1. The Morgan fingerprint density at radius 3 is 2.58 bits per heavy atom. The van der Waals surface area contributed by atoms with Gasteiger partial charge < -0.3 is 4.74 Å². The molecule has 1 aromatic carbocycles. The molecule has 0 saturated heterocycles. The molecule has 8 heteroatoms. The molecule has 106 valence electrons. The fraction of sp³-hybridized carbons (Fsp3) is 0.364. The molecular formula is C11H13BrFNO4S. The van der Waals surface area contributed by atoms with Crippen molar-refractivity contribution in [1.82, 2.24) is 0 Å². The maximum absolute atomic E-state index is 14.0. The fourth-order valence-electron chi connectivity index (χ4n) is 1.25. The number of halogens is 2. The highest BCUT2D eigenvalue weighted by molar-refractivity contribution is 9.10. The summed E-state index contributed by atoms with van der Waals surface area (Å²) in [7, 11) is -4.26. The topological polar surface area (TPSA) is 86.5 Å². The Bertz CT molecular complexity index is 603. The van der Waals surface area contributed by atoms with Crippen LogP contribution in [0, 0.1) is 5.82 Å². The van der Waals surface area contributed by atoms with E-state index in [0.717, 1.165) is 12.1 Å². The van der Waals surface area contributed by atoms with Crippen LogP contribution in [0.5, 0.6) is 0 Å². The van der Waals surface area contributed by atoms with E-state index in [1.54, 1.807) is 13.8 Å². The molecule has 2 N–H and O–H groups in total. The Morgan fingerprint density at radius 1 is 1.53 bits per heavy atom. The van der Waals surface area contributed by atoms with Gasteiger partial charge in [0.2, 0.25) is 10.0 Å². The predicted molar refractivity (Wildman–Crippen MR) is 70.6 cm³/mol. The maximum Gasteiger partial charge on any atom is 0.341 e. The van der Waals surface area contributed by atoms with Gasteiger partial charge in [-0.05, 0) is 25.5 Å². The molecule has 0 aromatic heterocycles. The van der Waals surface area contributed by atoms with Gasteiger partial charge in [-0.15, -0.1) is 0 Å². The monoisotopic (exact) mass is 353 g/mol. The van der Waals surface area contributed by atoms with Crippen molar-refractivity contribution in [2.24, 2.45) is 5.14 Å². The van der Waals surface area contributed by atoms with Crippen LogP contribution in [0.4, 0.5) is 4.39 Å². The van der Waals surface area contributed by atoms with Crippen molar-refractivity contribution in [3.8, 4) is 0 Å². The highest BCUT2D eigenvalue weighted by Gasteiger charge is 2.24. The molecule has 1 unspecified atom stereocenters. The van der Waals surface area contributed by atoms with Gasteiger partial charge in [-0.2, -0.15) is 0 Å². The molecule has 0 bridgehead atoms. The first-order valence-corrected chi connectivity index (χ1v) is 7.73. The number of hydrogen-bond donors (Lipinski definition) is 1. The van der Waals surface area contributed by atoms with E-state index in [9.17, 15) is 17.6 Å². The second-order valence-electron chi connectivity index (χ2n) is 3.93. The van der Waals surface area contributed by atoms with E-state index in [2.05, 4.69) is 15.9 Å². The molecule has 0 aliphatic carbocycles. The van der Waals surface area contributed by atoms with Gasteiger partial charge in [-0.3, -0.25) is 0 Å². The number of primary sulfonamides is 1. The fourth-order valence-corrected chi connectivity index (χ4v) is 2.51. The van der Waals surface area contributed by atoms with Gasteiger partial charge >= 0.3 is 5.97 Å². The van der Waals surface area contributed by atoms with Crippen molar-refractivity contribution in [3.63, 3.8) is 0 Å². The molecule has 1 rings (SSSR count). The lowest BCUT2D eigenvalue weighted by atomic mass is 10.2. The molecule has 0 radical (unpaired) electrons. The number of carbonyl (C=O) groups is 1. The van der Waals surface area contributed by atoms with Crippen molar-refractivity contribution in [2.75, 3.05) is 0 Å². The van der Waals surface area contributed by atoms with E-state index in [1.807, 2.05) is 0 Å². The summed E-state index contributed by atoms with van der Waals surface area (Å²) in [5.41, 5.74) is -0.473. The van der Waals surface area contributed by atoms with Crippen molar-refractivity contribution in [1.29, 1.82) is 0 Å². The largest absolute Gasteiger partial charge is 0.459 e. The molecule has 5 nitrogen and oxygen atoms in total. The zero-order valence-electron chi connectivity index (χ0n) is 10.3. The van der Waals surface area contributed by atoms with Crippen LogP contribution in [-0.2, 0) is 14.8 Å². The molecule has 0 aliphatic rings. The van der Waals surface area contributed by atoms with E-state index in [1.165, 1.54) is 0 Å². The first-order chi connectivity index (χ1) is 8.66. The van der Waals surface area contributed by atoms with Gasteiger partial charge in [0.15, 0.2) is 5.82 Å². The third-order valence-corrected chi connectivity index (χ3v) is 3.78. The molecule has 0 aliphatic heterocycles. The van der Waals surface area contributed by atoms with Crippen LogP contribution < -0.4 is 5.14 Å². The van der Waals surface area contributed by atoms with Gasteiger partial charge in [0.25, 0.3) is 0 Å². The predicted octanol–water partition coefficient (Wildman–Crippen LogP) is 2.19. The summed E-state index contributed by atoms with van der Waals surface area (Å²) < 4.78 is 41.6. The summed E-state index contributed by atoms with van der Waals surface area (Å²) in [6, 6.07) is 2.14. The zero-order valence-corrected chi connectivity index (χ0v) is 12.7. The van der Waals surface area contributed by atoms with Gasteiger partial charge in [-0.25, -0.2) is 22.7 Å². The highest BCUT2D eigenvalue weighted by Crippen LogP contribution is 2.24. The molecule has 0 saturated carbocycles. The molecule has 0 amide bonds. The lowest BCUT2D eigenvalue weighted by molar-refractivity contribution is 0.0328. The standard InChI is InChI=1S/C11H13BrFNO4S/c1-3-6(2)18-11(15)8-4-7(12)5-9(10(8)13)19(14,16)17/h4-6H,3H2,1-2H3,(H2,14,16,17). The number of sulfonamides is 1. The second-order valence-corrected chi connectivity index (χ2v) is 6.38. The number of rotatable bonds is 4. The second kappa shape index (κ2) is 5.98. The van der Waals surface area contributed by atoms with Crippen molar-refractivity contribution >= 4 is 31.9 Å². The van der Waals surface area contributed by atoms with E-state index in [0.29, 0.717) is 6.42 Å². The van der Waals surface area contributed by atoms with Gasteiger partial charge in [0, 0.05) is 4.47 Å². The number of esters is 1. The highest BCUT2D eigenvalue weighted by atomic mass is 79.9. The van der Waals surface area contributed by atoms with Gasteiger partial charge in [0.05, 0.1) is 11.7 Å². The molecule has 0 fully saturated rings. The van der Waals surface area contributed by atoms with E-state index in [-0.39, 0.29) is 4.47 Å². The molecule has 0 heterocycles. The van der Waals surface area contributed by atoms with Gasteiger partial charge in [-0.1, -0.05) is 22.9 Å². The van der Waals surface area contributed by atoms with E-state index < -0.39 is 38.4 Å². The SMILES string of the molecule is CCC(C)OC(=O)c1cc(Br)cc(S(N)(=O)=O)c1F. The molecule has 1 atom stereocenters. The smallest absolute Gasteiger partial charge is 0.341 e. The van der Waals surface area contributed by atoms with Crippen LogP contribution >= 0.6 is 15.9 Å². The minimum Gasteiger partial charge on any atom is -0.459 e. The summed E-state index contributed by atoms with van der Waals surface area (Å²) in [6.45, 7) is 3.44. The summed E-state index contributed by atoms with van der Waals surface area (Å²) in [4.78, 5) is 11.0.